The van der Waals surface area contributed by atoms with Crippen molar-refractivity contribution in [3.05, 3.63) is 95.6 Å². The summed E-state index contributed by atoms with van der Waals surface area (Å²) in [7, 11) is 0. The summed E-state index contributed by atoms with van der Waals surface area (Å²) in [4.78, 5) is 30.1. The largest absolute Gasteiger partial charge is 0.325 e. The summed E-state index contributed by atoms with van der Waals surface area (Å²) in [5.41, 5.74) is 4.96. The number of hydrogen-bond acceptors (Lipinski definition) is 2. The molecule has 5 heteroatoms. The third kappa shape index (κ3) is 5.91. The van der Waals surface area contributed by atoms with Crippen LogP contribution in [0.15, 0.2) is 78.9 Å². The lowest BCUT2D eigenvalue weighted by Gasteiger charge is -2.36. The van der Waals surface area contributed by atoms with E-state index in [9.17, 15) is 9.59 Å². The molecule has 1 atom stereocenters. The summed E-state index contributed by atoms with van der Waals surface area (Å²) >= 11 is 0. The lowest BCUT2D eigenvalue weighted by atomic mass is 9.95. The molecule has 1 fully saturated rings. The number of nitrogens with zero attached hydrogens (tertiary/aromatic N) is 2. The Kier molecular flexibility index (Phi) is 7.86. The van der Waals surface area contributed by atoms with E-state index in [0.29, 0.717) is 31.1 Å². The number of rotatable bonds is 8. The fraction of sp³-hybridized carbons (Fsp3) is 0.333. The van der Waals surface area contributed by atoms with E-state index in [0.717, 1.165) is 29.8 Å². The zero-order valence-electron chi connectivity index (χ0n) is 20.9. The Morgan fingerprint density at radius 2 is 1.66 bits per heavy atom. The number of carbonyl (C=O) groups excluding carboxylic acids is 2. The first-order valence-electron chi connectivity index (χ1n) is 12.6. The molecule has 3 amide bonds. The van der Waals surface area contributed by atoms with Crippen LogP contribution < -0.4 is 10.2 Å². The van der Waals surface area contributed by atoms with Crippen LogP contribution in [0, 0.1) is 0 Å². The number of anilines is 2. The SMILES string of the molecule is CCC(C(=O)Nc1cccc(N2CCCN(Cc3ccc(C(C)C)cc3)C2=O)c1)c1ccccc1. The van der Waals surface area contributed by atoms with Crippen LogP contribution in [-0.2, 0) is 11.3 Å². The van der Waals surface area contributed by atoms with Crippen molar-refractivity contribution in [1.29, 1.82) is 0 Å². The standard InChI is InChI=1S/C30H35N3O2/c1-4-28(25-10-6-5-7-11-25)29(34)31-26-12-8-13-27(20-26)33-19-9-18-32(30(33)35)21-23-14-16-24(17-15-23)22(2)3/h5-8,10-17,20,22,28H,4,9,18-19,21H2,1-3H3,(H,31,34). The Morgan fingerprint density at radius 1 is 0.914 bits per heavy atom. The van der Waals surface area contributed by atoms with Crippen molar-refractivity contribution in [3.8, 4) is 0 Å². The van der Waals surface area contributed by atoms with Gasteiger partial charge in [0.2, 0.25) is 5.91 Å². The van der Waals surface area contributed by atoms with Crippen LogP contribution in [0.25, 0.3) is 0 Å². The van der Waals surface area contributed by atoms with Crippen LogP contribution in [0.4, 0.5) is 16.2 Å². The molecular formula is C30H35N3O2. The predicted molar refractivity (Wildman–Crippen MR) is 143 cm³/mol. The molecule has 0 radical (unpaired) electrons. The molecule has 182 valence electrons. The third-order valence-corrected chi connectivity index (χ3v) is 6.68. The number of amides is 3. The molecule has 5 nitrogen and oxygen atoms in total. The van der Waals surface area contributed by atoms with E-state index in [1.165, 1.54) is 5.56 Å². The summed E-state index contributed by atoms with van der Waals surface area (Å²) in [6.45, 7) is 8.39. The van der Waals surface area contributed by atoms with Gasteiger partial charge in [-0.15, -0.1) is 0 Å². The van der Waals surface area contributed by atoms with Gasteiger partial charge in [0.1, 0.15) is 0 Å². The molecule has 1 heterocycles. The molecule has 0 aliphatic carbocycles. The Morgan fingerprint density at radius 3 is 2.34 bits per heavy atom. The van der Waals surface area contributed by atoms with Gasteiger partial charge >= 0.3 is 6.03 Å². The third-order valence-electron chi connectivity index (χ3n) is 6.68. The molecule has 0 spiro atoms. The van der Waals surface area contributed by atoms with Gasteiger partial charge in [0.25, 0.3) is 0 Å². The second kappa shape index (κ2) is 11.2. The summed E-state index contributed by atoms with van der Waals surface area (Å²) < 4.78 is 0. The van der Waals surface area contributed by atoms with Gasteiger partial charge in [-0.25, -0.2) is 4.79 Å². The van der Waals surface area contributed by atoms with Crippen molar-refractivity contribution in [2.24, 2.45) is 0 Å². The molecule has 1 aliphatic heterocycles. The van der Waals surface area contributed by atoms with Crippen molar-refractivity contribution < 1.29 is 9.59 Å². The number of benzene rings is 3. The highest BCUT2D eigenvalue weighted by atomic mass is 16.2. The summed E-state index contributed by atoms with van der Waals surface area (Å²) in [6.07, 6.45) is 1.62. The van der Waals surface area contributed by atoms with Crippen LogP contribution in [-0.4, -0.2) is 29.9 Å². The highest BCUT2D eigenvalue weighted by Gasteiger charge is 2.27. The molecule has 1 unspecified atom stereocenters. The van der Waals surface area contributed by atoms with Gasteiger partial charge in [-0.2, -0.15) is 0 Å². The summed E-state index contributed by atoms with van der Waals surface area (Å²) in [6, 6.07) is 26.0. The van der Waals surface area contributed by atoms with Crippen molar-refractivity contribution >= 4 is 23.3 Å². The highest BCUT2D eigenvalue weighted by molar-refractivity contribution is 5.97. The van der Waals surface area contributed by atoms with E-state index >= 15 is 0 Å². The molecular weight excluding hydrogens is 434 g/mol. The molecule has 4 rings (SSSR count). The van der Waals surface area contributed by atoms with Gasteiger partial charge in [0, 0.05) is 31.0 Å². The van der Waals surface area contributed by atoms with Crippen molar-refractivity contribution in [2.45, 2.75) is 52.0 Å². The second-order valence-electron chi connectivity index (χ2n) is 9.52. The van der Waals surface area contributed by atoms with Crippen LogP contribution in [0.5, 0.6) is 0 Å². The maximum Gasteiger partial charge on any atom is 0.324 e. The normalized spacial score (nSPS) is 14.8. The van der Waals surface area contributed by atoms with Crippen LogP contribution in [0.1, 0.15) is 62.1 Å². The Bertz CT molecular complexity index is 1140. The first-order chi connectivity index (χ1) is 17.0. The summed E-state index contributed by atoms with van der Waals surface area (Å²) in [5.74, 6) is 0.241. The van der Waals surface area contributed by atoms with Crippen LogP contribution >= 0.6 is 0 Å². The quantitative estimate of drug-likeness (QED) is 0.396. The maximum absolute atomic E-state index is 13.3. The van der Waals surface area contributed by atoms with Crippen molar-refractivity contribution in [2.75, 3.05) is 23.3 Å². The molecule has 1 saturated heterocycles. The van der Waals surface area contributed by atoms with Crippen LogP contribution in [0.3, 0.4) is 0 Å². The first-order valence-corrected chi connectivity index (χ1v) is 12.6. The zero-order chi connectivity index (χ0) is 24.8. The van der Waals surface area contributed by atoms with Gasteiger partial charge in [-0.1, -0.05) is 81.4 Å². The van der Waals surface area contributed by atoms with E-state index < -0.39 is 0 Å². The average Bonchev–Trinajstić information content (AvgIpc) is 2.87. The maximum atomic E-state index is 13.3. The topological polar surface area (TPSA) is 52.7 Å². The first kappa shape index (κ1) is 24.5. The lowest BCUT2D eigenvalue weighted by Crippen LogP contribution is -2.49. The summed E-state index contributed by atoms with van der Waals surface area (Å²) in [5, 5.41) is 3.06. The van der Waals surface area contributed by atoms with Gasteiger partial charge in [0.15, 0.2) is 0 Å². The fourth-order valence-corrected chi connectivity index (χ4v) is 4.63. The molecule has 3 aromatic carbocycles. The van der Waals surface area contributed by atoms with Crippen LogP contribution in [0.2, 0.25) is 0 Å². The van der Waals surface area contributed by atoms with Gasteiger partial charge in [0.05, 0.1) is 5.92 Å². The molecule has 35 heavy (non-hydrogen) atoms. The van der Waals surface area contributed by atoms with E-state index in [-0.39, 0.29) is 17.9 Å². The minimum absolute atomic E-state index is 0.00313. The fourth-order valence-electron chi connectivity index (χ4n) is 4.63. The highest BCUT2D eigenvalue weighted by Crippen LogP contribution is 2.27. The minimum atomic E-state index is -0.214. The number of carbonyl (C=O) groups is 2. The predicted octanol–water partition coefficient (Wildman–Crippen LogP) is 6.77. The number of nitrogens with one attached hydrogen (secondary N) is 1. The van der Waals surface area contributed by atoms with Gasteiger partial charge in [-0.05, 0) is 53.6 Å². The number of urea groups is 1. The molecule has 0 aromatic heterocycles. The molecule has 1 N–H and O–H groups in total. The Balaban J connectivity index is 1.45. The van der Waals surface area contributed by atoms with Crippen molar-refractivity contribution in [3.63, 3.8) is 0 Å². The molecule has 0 bridgehead atoms. The average molecular weight is 470 g/mol. The monoisotopic (exact) mass is 469 g/mol. The molecule has 0 saturated carbocycles. The van der Waals surface area contributed by atoms with E-state index in [1.54, 1.807) is 0 Å². The Hall–Kier alpha value is -3.60. The smallest absolute Gasteiger partial charge is 0.324 e. The van der Waals surface area contributed by atoms with E-state index in [4.69, 9.17) is 0 Å². The van der Waals surface area contributed by atoms with E-state index in [1.807, 2.05) is 71.3 Å². The van der Waals surface area contributed by atoms with E-state index in [2.05, 4.69) is 43.4 Å². The molecule has 3 aromatic rings. The lowest BCUT2D eigenvalue weighted by molar-refractivity contribution is -0.117. The van der Waals surface area contributed by atoms with Gasteiger partial charge < -0.3 is 10.2 Å². The van der Waals surface area contributed by atoms with Crippen molar-refractivity contribution in [1.82, 2.24) is 4.90 Å². The van der Waals surface area contributed by atoms with Gasteiger partial charge in [-0.3, -0.25) is 9.69 Å². The number of hydrogen-bond donors (Lipinski definition) is 1. The zero-order valence-corrected chi connectivity index (χ0v) is 20.9. The Labute approximate surface area is 208 Å². The second-order valence-corrected chi connectivity index (χ2v) is 9.52. The minimum Gasteiger partial charge on any atom is -0.325 e. The molecule has 1 aliphatic rings.